The van der Waals surface area contributed by atoms with Crippen molar-refractivity contribution in [3.63, 3.8) is 0 Å². The Morgan fingerprint density at radius 3 is 1.26 bits per heavy atom. The van der Waals surface area contributed by atoms with E-state index < -0.39 is 12.2 Å². The molecule has 11 N–H and O–H groups in total. The summed E-state index contributed by atoms with van der Waals surface area (Å²) in [5.41, 5.74) is 19.9. The highest BCUT2D eigenvalue weighted by molar-refractivity contribution is 5.64. The van der Waals surface area contributed by atoms with Crippen molar-refractivity contribution in [1.29, 1.82) is 0 Å². The van der Waals surface area contributed by atoms with Gasteiger partial charge in [0.1, 0.15) is 0 Å². The lowest BCUT2D eigenvalue weighted by Gasteiger charge is -1.99. The van der Waals surface area contributed by atoms with Crippen LogP contribution in [0.3, 0.4) is 0 Å². The molecule has 0 fully saturated rings. The normalized spacial score (nSPS) is 9.00. The number of primary amides is 1. The first-order valence-electron chi connectivity index (χ1n) is 7.97. The third-order valence-electron chi connectivity index (χ3n) is 2.57. The van der Waals surface area contributed by atoms with Crippen LogP contribution < -0.4 is 28.3 Å². The average Bonchev–Trinajstić information content (AvgIpc) is 2.47. The molecular weight excluding hydrogens is 302 g/mol. The number of hydrogen-bond donors (Lipinski definition) is 7. The SMILES string of the molecule is NC(=O)O.NCCCCCCN.NCCCCCCNC(=O)O. The number of amides is 2. The molecule has 9 nitrogen and oxygen atoms in total. The predicted octanol–water partition coefficient (Wildman–Crippen LogP) is 0.860. The highest BCUT2D eigenvalue weighted by Gasteiger charge is 1.92. The van der Waals surface area contributed by atoms with Gasteiger partial charge >= 0.3 is 12.2 Å². The van der Waals surface area contributed by atoms with Gasteiger partial charge in [-0.05, 0) is 45.3 Å². The summed E-state index contributed by atoms with van der Waals surface area (Å²) in [7, 11) is 0. The smallest absolute Gasteiger partial charge is 0.404 e. The summed E-state index contributed by atoms with van der Waals surface area (Å²) in [5.74, 6) is 0. The largest absolute Gasteiger partial charge is 0.465 e. The van der Waals surface area contributed by atoms with Crippen LogP contribution in [0.5, 0.6) is 0 Å². The molecule has 0 unspecified atom stereocenters. The minimum Gasteiger partial charge on any atom is -0.465 e. The van der Waals surface area contributed by atoms with Gasteiger partial charge in [-0.1, -0.05) is 25.7 Å². The second kappa shape index (κ2) is 25.4. The standard InChI is InChI=1S/C7H16N2O2.C6H16N2.CH3NO2/c8-5-3-1-2-4-6-9-7(10)11;7-5-3-1-2-4-6-8;2-1(3)4/h9H,1-6,8H2,(H,10,11);1-8H2;2H2,(H,3,4). The predicted molar refractivity (Wildman–Crippen MR) is 92.3 cm³/mol. The van der Waals surface area contributed by atoms with Crippen molar-refractivity contribution in [2.75, 3.05) is 26.2 Å². The molecule has 0 aromatic heterocycles. The number of hydrogen-bond acceptors (Lipinski definition) is 5. The fourth-order valence-electron chi connectivity index (χ4n) is 1.46. The van der Waals surface area contributed by atoms with E-state index in [0.29, 0.717) is 6.54 Å². The number of nitrogens with one attached hydrogen (secondary N) is 1. The molecule has 0 aromatic rings. The number of unbranched alkanes of at least 4 members (excludes halogenated alkanes) is 6. The minimum absolute atomic E-state index is 0.555. The molecule has 0 saturated carbocycles. The molecule has 23 heavy (non-hydrogen) atoms. The minimum atomic E-state index is -1.33. The van der Waals surface area contributed by atoms with Crippen molar-refractivity contribution in [3.05, 3.63) is 0 Å². The lowest BCUT2D eigenvalue weighted by atomic mass is 10.2. The fraction of sp³-hybridized carbons (Fsp3) is 0.857. The van der Waals surface area contributed by atoms with Gasteiger partial charge in [-0.15, -0.1) is 0 Å². The zero-order valence-corrected chi connectivity index (χ0v) is 14.0. The Kier molecular flexibility index (Phi) is 29.0. The van der Waals surface area contributed by atoms with Gasteiger partial charge in [-0.3, -0.25) is 0 Å². The van der Waals surface area contributed by atoms with E-state index in [2.05, 4.69) is 11.1 Å². The van der Waals surface area contributed by atoms with Crippen LogP contribution >= 0.6 is 0 Å². The van der Waals surface area contributed by atoms with Gasteiger partial charge in [0, 0.05) is 6.54 Å². The zero-order chi connectivity index (χ0) is 18.3. The van der Waals surface area contributed by atoms with E-state index in [1.807, 2.05) is 0 Å². The van der Waals surface area contributed by atoms with Crippen LogP contribution in [0.4, 0.5) is 9.59 Å². The van der Waals surface area contributed by atoms with E-state index >= 15 is 0 Å². The molecule has 0 bridgehead atoms. The van der Waals surface area contributed by atoms with Gasteiger partial charge in [0.15, 0.2) is 0 Å². The number of carboxylic acid groups (broad SMARTS) is 2. The fourth-order valence-corrected chi connectivity index (χ4v) is 1.46. The number of carbonyl (C=O) groups is 2. The van der Waals surface area contributed by atoms with E-state index in [4.69, 9.17) is 32.2 Å². The topological polar surface area (TPSA) is 191 Å². The Balaban J connectivity index is -0.000000292. The molecule has 0 radical (unpaired) electrons. The van der Waals surface area contributed by atoms with Crippen LogP contribution in [0.15, 0.2) is 0 Å². The third kappa shape index (κ3) is 53.1. The molecule has 0 rings (SSSR count). The molecule has 0 aromatic carbocycles. The molecule has 2 amide bonds. The lowest BCUT2D eigenvalue weighted by molar-refractivity contribution is 0.194. The summed E-state index contributed by atoms with van der Waals surface area (Å²) in [5, 5.41) is 17.7. The zero-order valence-electron chi connectivity index (χ0n) is 14.0. The van der Waals surface area contributed by atoms with Crippen molar-refractivity contribution in [3.8, 4) is 0 Å². The molecule has 0 aliphatic heterocycles. The number of rotatable bonds is 11. The van der Waals surface area contributed by atoms with Crippen LogP contribution in [-0.2, 0) is 0 Å². The quantitative estimate of drug-likeness (QED) is 0.272. The van der Waals surface area contributed by atoms with E-state index in [0.717, 1.165) is 58.2 Å². The van der Waals surface area contributed by atoms with Gasteiger partial charge in [-0.2, -0.15) is 0 Å². The molecule has 9 heteroatoms. The molecule has 0 heterocycles. The second-order valence-corrected chi connectivity index (χ2v) is 4.76. The Morgan fingerprint density at radius 2 is 1.00 bits per heavy atom. The van der Waals surface area contributed by atoms with Gasteiger partial charge in [0.2, 0.25) is 0 Å². The van der Waals surface area contributed by atoms with Crippen molar-refractivity contribution >= 4 is 12.2 Å². The van der Waals surface area contributed by atoms with E-state index in [9.17, 15) is 4.79 Å². The average molecular weight is 337 g/mol. The summed E-state index contributed by atoms with van der Waals surface area (Å²) < 4.78 is 0. The summed E-state index contributed by atoms with van der Waals surface area (Å²) in [6.45, 7) is 2.93. The van der Waals surface area contributed by atoms with Crippen LogP contribution in [0, 0.1) is 0 Å². The number of nitrogens with two attached hydrogens (primary N) is 4. The third-order valence-corrected chi connectivity index (χ3v) is 2.57. The highest BCUT2D eigenvalue weighted by Crippen LogP contribution is 1.96. The molecule has 0 atom stereocenters. The molecule has 0 aliphatic rings. The molecular formula is C14H35N5O4. The maximum atomic E-state index is 9.96. The van der Waals surface area contributed by atoms with Crippen LogP contribution in [0.1, 0.15) is 51.4 Å². The van der Waals surface area contributed by atoms with Gasteiger partial charge in [0.05, 0.1) is 0 Å². The summed E-state index contributed by atoms with van der Waals surface area (Å²) in [4.78, 5) is 18.7. The lowest BCUT2D eigenvalue weighted by Crippen LogP contribution is -2.21. The summed E-state index contributed by atoms with van der Waals surface area (Å²) in [6.07, 6.45) is 6.61. The Bertz CT molecular complexity index is 245. The monoisotopic (exact) mass is 337 g/mol. The van der Waals surface area contributed by atoms with Crippen molar-refractivity contribution in [1.82, 2.24) is 5.32 Å². The van der Waals surface area contributed by atoms with Gasteiger partial charge < -0.3 is 38.5 Å². The van der Waals surface area contributed by atoms with Gasteiger partial charge in [0.25, 0.3) is 0 Å². The highest BCUT2D eigenvalue weighted by atomic mass is 16.4. The van der Waals surface area contributed by atoms with Crippen molar-refractivity contribution in [2.24, 2.45) is 22.9 Å². The molecule has 140 valence electrons. The molecule has 0 spiro atoms. The van der Waals surface area contributed by atoms with Crippen LogP contribution in [0.25, 0.3) is 0 Å². The van der Waals surface area contributed by atoms with Crippen LogP contribution in [0.2, 0.25) is 0 Å². The second-order valence-electron chi connectivity index (χ2n) is 4.76. The Morgan fingerprint density at radius 1 is 0.696 bits per heavy atom. The first-order chi connectivity index (χ1) is 10.9. The maximum absolute atomic E-state index is 9.96. The van der Waals surface area contributed by atoms with Crippen molar-refractivity contribution in [2.45, 2.75) is 51.4 Å². The van der Waals surface area contributed by atoms with E-state index in [1.165, 1.54) is 12.8 Å². The Hall–Kier alpha value is -1.58. The van der Waals surface area contributed by atoms with E-state index in [-0.39, 0.29) is 0 Å². The van der Waals surface area contributed by atoms with Gasteiger partial charge in [-0.25, -0.2) is 9.59 Å². The maximum Gasteiger partial charge on any atom is 0.404 e. The van der Waals surface area contributed by atoms with Crippen molar-refractivity contribution < 1.29 is 19.8 Å². The first-order valence-corrected chi connectivity index (χ1v) is 7.97. The molecule has 0 saturated heterocycles. The molecule has 0 aliphatic carbocycles. The van der Waals surface area contributed by atoms with E-state index in [1.54, 1.807) is 0 Å². The van der Waals surface area contributed by atoms with Crippen LogP contribution in [-0.4, -0.2) is 48.6 Å². The summed E-state index contributed by atoms with van der Waals surface area (Å²) in [6, 6.07) is 0. The first kappa shape index (κ1) is 26.3. The Labute approximate surface area is 138 Å². The summed E-state index contributed by atoms with van der Waals surface area (Å²) >= 11 is 0.